The Bertz CT molecular complexity index is 427. The first kappa shape index (κ1) is 12.3. The average molecular weight is 247 g/mol. The molecule has 0 aliphatic carbocycles. The van der Waals surface area contributed by atoms with E-state index < -0.39 is 6.10 Å². The number of aliphatic hydroxyl groups is 1. The lowest BCUT2D eigenvalue weighted by atomic mass is 10.0. The lowest BCUT2D eigenvalue weighted by Gasteiger charge is -2.20. The molecule has 1 aromatic carbocycles. The summed E-state index contributed by atoms with van der Waals surface area (Å²) < 4.78 is 0. The molecule has 2 rings (SSSR count). The highest BCUT2D eigenvalue weighted by Gasteiger charge is 2.15. The van der Waals surface area contributed by atoms with Crippen LogP contribution in [0.4, 0.5) is 0 Å². The van der Waals surface area contributed by atoms with E-state index in [1.54, 1.807) is 11.3 Å². The Morgan fingerprint density at radius 1 is 1.18 bits per heavy atom. The van der Waals surface area contributed by atoms with Crippen molar-refractivity contribution in [2.45, 2.75) is 25.6 Å². The normalized spacial score (nSPS) is 14.5. The van der Waals surface area contributed by atoms with Crippen LogP contribution in [0.25, 0.3) is 0 Å². The zero-order valence-electron chi connectivity index (χ0n) is 9.84. The zero-order chi connectivity index (χ0) is 12.1. The Kier molecular flexibility index (Phi) is 4.31. The number of rotatable bonds is 5. The topological polar surface area (TPSA) is 32.3 Å². The summed E-state index contributed by atoms with van der Waals surface area (Å²) in [5.74, 6) is 0. The molecule has 0 aliphatic heterocycles. The minimum atomic E-state index is -0.462. The van der Waals surface area contributed by atoms with Gasteiger partial charge in [-0.15, -0.1) is 11.3 Å². The van der Waals surface area contributed by atoms with Gasteiger partial charge in [-0.1, -0.05) is 36.4 Å². The lowest BCUT2D eigenvalue weighted by Crippen LogP contribution is -2.31. The predicted octanol–water partition coefficient (Wildman–Crippen LogP) is 2.96. The third kappa shape index (κ3) is 3.40. The molecule has 2 aromatic rings. The maximum absolute atomic E-state index is 10.2. The molecule has 0 amide bonds. The van der Waals surface area contributed by atoms with Crippen LogP contribution >= 0.6 is 11.3 Å². The van der Waals surface area contributed by atoms with Crippen LogP contribution < -0.4 is 5.32 Å². The number of thiophene rings is 1. The fraction of sp³-hybridized carbons (Fsp3) is 0.286. The quantitative estimate of drug-likeness (QED) is 0.851. The van der Waals surface area contributed by atoms with Crippen LogP contribution in [0.5, 0.6) is 0 Å². The number of aliphatic hydroxyl groups excluding tert-OH is 1. The molecule has 0 spiro atoms. The Labute approximate surface area is 106 Å². The Morgan fingerprint density at radius 3 is 2.59 bits per heavy atom. The second-order valence-corrected chi connectivity index (χ2v) is 5.14. The van der Waals surface area contributed by atoms with Gasteiger partial charge in [-0.3, -0.25) is 0 Å². The number of hydrogen-bond acceptors (Lipinski definition) is 3. The van der Waals surface area contributed by atoms with E-state index >= 15 is 0 Å². The third-order valence-corrected chi connectivity index (χ3v) is 3.67. The summed E-state index contributed by atoms with van der Waals surface area (Å²) in [6, 6.07) is 13.9. The summed E-state index contributed by atoms with van der Waals surface area (Å²) >= 11 is 1.73. The summed E-state index contributed by atoms with van der Waals surface area (Å²) in [6.07, 6.45) is -0.462. The third-order valence-electron chi connectivity index (χ3n) is 2.79. The molecule has 0 saturated heterocycles. The van der Waals surface area contributed by atoms with Crippen molar-refractivity contribution in [3.63, 3.8) is 0 Å². The first-order valence-corrected chi connectivity index (χ1v) is 6.64. The van der Waals surface area contributed by atoms with Crippen molar-refractivity contribution < 1.29 is 5.11 Å². The fourth-order valence-electron chi connectivity index (χ4n) is 1.73. The SMILES string of the molecule is C[C@@H](NCc1cccs1)[C@@H](O)c1ccccc1. The van der Waals surface area contributed by atoms with Gasteiger partial charge in [-0.05, 0) is 23.9 Å². The Balaban J connectivity index is 1.89. The van der Waals surface area contributed by atoms with Crippen molar-refractivity contribution in [1.29, 1.82) is 0 Å². The molecule has 0 saturated carbocycles. The molecule has 2 N–H and O–H groups in total. The molecule has 1 aromatic heterocycles. The van der Waals surface area contributed by atoms with Crippen LogP contribution in [0, 0.1) is 0 Å². The van der Waals surface area contributed by atoms with Gasteiger partial charge in [-0.25, -0.2) is 0 Å². The summed E-state index contributed by atoms with van der Waals surface area (Å²) in [5, 5.41) is 15.6. The van der Waals surface area contributed by atoms with E-state index in [-0.39, 0.29) is 6.04 Å². The number of hydrogen-bond donors (Lipinski definition) is 2. The molecule has 2 atom stereocenters. The van der Waals surface area contributed by atoms with Crippen molar-refractivity contribution in [2.75, 3.05) is 0 Å². The average Bonchev–Trinajstić information content (AvgIpc) is 2.89. The highest BCUT2D eigenvalue weighted by Crippen LogP contribution is 2.17. The van der Waals surface area contributed by atoms with E-state index in [4.69, 9.17) is 0 Å². The van der Waals surface area contributed by atoms with Crippen LogP contribution in [-0.4, -0.2) is 11.1 Å². The highest BCUT2D eigenvalue weighted by molar-refractivity contribution is 7.09. The molecular formula is C14H17NOS. The summed E-state index contributed by atoms with van der Waals surface area (Å²) in [6.45, 7) is 2.81. The molecule has 0 aliphatic rings. The molecule has 2 nitrogen and oxygen atoms in total. The van der Waals surface area contributed by atoms with E-state index in [1.807, 2.05) is 43.3 Å². The van der Waals surface area contributed by atoms with Crippen LogP contribution in [0.15, 0.2) is 47.8 Å². The van der Waals surface area contributed by atoms with Crippen molar-refractivity contribution in [2.24, 2.45) is 0 Å². The van der Waals surface area contributed by atoms with E-state index in [1.165, 1.54) is 4.88 Å². The number of nitrogens with one attached hydrogen (secondary N) is 1. The molecule has 0 fully saturated rings. The highest BCUT2D eigenvalue weighted by atomic mass is 32.1. The Morgan fingerprint density at radius 2 is 1.94 bits per heavy atom. The smallest absolute Gasteiger partial charge is 0.0940 e. The largest absolute Gasteiger partial charge is 0.387 e. The summed E-state index contributed by atoms with van der Waals surface area (Å²) in [5.41, 5.74) is 0.957. The molecule has 0 radical (unpaired) electrons. The first-order valence-electron chi connectivity index (χ1n) is 5.76. The number of benzene rings is 1. The standard InChI is InChI=1S/C14H17NOS/c1-11(15-10-13-8-5-9-17-13)14(16)12-6-3-2-4-7-12/h2-9,11,14-16H,10H2,1H3/t11-,14-/m1/s1. The van der Waals surface area contributed by atoms with Crippen molar-refractivity contribution in [3.05, 3.63) is 58.3 Å². The summed E-state index contributed by atoms with van der Waals surface area (Å²) in [7, 11) is 0. The predicted molar refractivity (Wildman–Crippen MR) is 72.0 cm³/mol. The minimum absolute atomic E-state index is 0.0412. The van der Waals surface area contributed by atoms with Gasteiger partial charge in [0.25, 0.3) is 0 Å². The molecule has 1 heterocycles. The van der Waals surface area contributed by atoms with E-state index in [0.717, 1.165) is 12.1 Å². The van der Waals surface area contributed by atoms with Gasteiger partial charge in [0, 0.05) is 17.5 Å². The fourth-order valence-corrected chi connectivity index (χ4v) is 2.38. The van der Waals surface area contributed by atoms with Crippen LogP contribution in [0.2, 0.25) is 0 Å². The van der Waals surface area contributed by atoms with Crippen LogP contribution in [-0.2, 0) is 6.54 Å². The Hall–Kier alpha value is -1.16. The molecular weight excluding hydrogens is 230 g/mol. The van der Waals surface area contributed by atoms with Gasteiger partial charge in [-0.2, -0.15) is 0 Å². The molecule has 3 heteroatoms. The lowest BCUT2D eigenvalue weighted by molar-refractivity contribution is 0.135. The monoisotopic (exact) mass is 247 g/mol. The second-order valence-electron chi connectivity index (χ2n) is 4.10. The van der Waals surface area contributed by atoms with Gasteiger partial charge in [0.2, 0.25) is 0 Å². The maximum atomic E-state index is 10.2. The maximum Gasteiger partial charge on any atom is 0.0940 e. The van der Waals surface area contributed by atoms with E-state index in [0.29, 0.717) is 0 Å². The summed E-state index contributed by atoms with van der Waals surface area (Å²) in [4.78, 5) is 1.29. The van der Waals surface area contributed by atoms with Gasteiger partial charge in [0.1, 0.15) is 0 Å². The van der Waals surface area contributed by atoms with Crippen molar-refractivity contribution in [1.82, 2.24) is 5.32 Å². The van der Waals surface area contributed by atoms with E-state index in [9.17, 15) is 5.11 Å². The van der Waals surface area contributed by atoms with Crippen molar-refractivity contribution in [3.8, 4) is 0 Å². The molecule has 17 heavy (non-hydrogen) atoms. The van der Waals surface area contributed by atoms with Gasteiger partial charge in [0.05, 0.1) is 6.10 Å². The second kappa shape index (κ2) is 5.96. The van der Waals surface area contributed by atoms with Crippen molar-refractivity contribution >= 4 is 11.3 Å². The minimum Gasteiger partial charge on any atom is -0.387 e. The molecule has 90 valence electrons. The first-order chi connectivity index (χ1) is 8.27. The molecule has 0 bridgehead atoms. The zero-order valence-corrected chi connectivity index (χ0v) is 10.7. The van der Waals surface area contributed by atoms with Crippen LogP contribution in [0.1, 0.15) is 23.5 Å². The van der Waals surface area contributed by atoms with Gasteiger partial charge < -0.3 is 10.4 Å². The molecule has 0 unspecified atom stereocenters. The van der Waals surface area contributed by atoms with Crippen LogP contribution in [0.3, 0.4) is 0 Å². The van der Waals surface area contributed by atoms with Gasteiger partial charge >= 0.3 is 0 Å². The van der Waals surface area contributed by atoms with Gasteiger partial charge in [0.15, 0.2) is 0 Å². The van der Waals surface area contributed by atoms with E-state index in [2.05, 4.69) is 16.8 Å².